The molecule has 0 amide bonds. The molecule has 6 nitrogen and oxygen atoms in total. The zero-order chi connectivity index (χ0) is 14.6. The number of nitro benzene ring substituents is 1. The van der Waals surface area contributed by atoms with E-state index in [9.17, 15) is 18.5 Å². The first kappa shape index (κ1) is 15.7. The molecule has 0 radical (unpaired) electrons. The second kappa shape index (κ2) is 6.21. The van der Waals surface area contributed by atoms with Crippen molar-refractivity contribution < 1.29 is 18.1 Å². The number of nitro groups is 1. The molecule has 19 heavy (non-hydrogen) atoms. The Labute approximate surface area is 115 Å². The molecule has 0 aliphatic carbocycles. The van der Waals surface area contributed by atoms with Gasteiger partial charge in [0.1, 0.15) is 0 Å². The van der Waals surface area contributed by atoms with Crippen LogP contribution in [0.15, 0.2) is 18.2 Å². The normalized spacial score (nSPS) is 13.0. The molecule has 0 aliphatic rings. The summed E-state index contributed by atoms with van der Waals surface area (Å²) in [4.78, 5) is 10.3. The lowest BCUT2D eigenvalue weighted by atomic mass is 10.2. The zero-order valence-corrected chi connectivity index (χ0v) is 12.1. The third-order valence-corrected chi connectivity index (χ3v) is 3.66. The SMILES string of the molecule is Cc1ccc(OCC(C)CS(=O)(=O)Cl)c([N+](=O)[O-])c1. The quantitative estimate of drug-likeness (QED) is 0.458. The number of benzene rings is 1. The van der Waals surface area contributed by atoms with Gasteiger partial charge in [-0.15, -0.1) is 0 Å². The first-order valence-electron chi connectivity index (χ1n) is 5.49. The summed E-state index contributed by atoms with van der Waals surface area (Å²) < 4.78 is 27.0. The Morgan fingerprint density at radius 3 is 2.63 bits per heavy atom. The third kappa shape index (κ3) is 5.44. The Hall–Kier alpha value is -1.34. The molecule has 0 spiro atoms. The lowest BCUT2D eigenvalue weighted by molar-refractivity contribution is -0.385. The lowest BCUT2D eigenvalue weighted by Gasteiger charge is -2.11. The van der Waals surface area contributed by atoms with Crippen LogP contribution in [0.4, 0.5) is 5.69 Å². The molecule has 8 heteroatoms. The minimum absolute atomic E-state index is 0.0376. The maximum absolute atomic E-state index is 10.9. The monoisotopic (exact) mass is 307 g/mol. The van der Waals surface area contributed by atoms with Gasteiger partial charge in [0.05, 0.1) is 17.3 Å². The number of aryl methyl sites for hydroxylation is 1. The van der Waals surface area contributed by atoms with Gasteiger partial charge in [-0.3, -0.25) is 10.1 Å². The van der Waals surface area contributed by atoms with Crippen molar-refractivity contribution in [3.63, 3.8) is 0 Å². The standard InChI is InChI=1S/C11H14ClNO5S/c1-8-3-4-11(10(5-8)13(14)15)18-6-9(2)7-19(12,16)17/h3-5,9H,6-7H2,1-2H3. The molecule has 1 atom stereocenters. The van der Waals surface area contributed by atoms with E-state index in [0.717, 1.165) is 5.56 Å². The summed E-state index contributed by atoms with van der Waals surface area (Å²) in [6, 6.07) is 4.58. The highest BCUT2D eigenvalue weighted by molar-refractivity contribution is 8.13. The van der Waals surface area contributed by atoms with Crippen LogP contribution in [0.25, 0.3) is 0 Å². The van der Waals surface area contributed by atoms with E-state index in [-0.39, 0.29) is 29.7 Å². The Kier molecular flexibility index (Phi) is 5.13. The van der Waals surface area contributed by atoms with Crippen LogP contribution in [0.3, 0.4) is 0 Å². The second-order valence-electron chi connectivity index (χ2n) is 4.35. The van der Waals surface area contributed by atoms with Crippen molar-refractivity contribution in [3.8, 4) is 5.75 Å². The van der Waals surface area contributed by atoms with Crippen molar-refractivity contribution in [3.05, 3.63) is 33.9 Å². The molecule has 0 saturated heterocycles. The Morgan fingerprint density at radius 2 is 2.11 bits per heavy atom. The van der Waals surface area contributed by atoms with Gasteiger partial charge in [-0.05, 0) is 18.6 Å². The van der Waals surface area contributed by atoms with Gasteiger partial charge in [0.25, 0.3) is 0 Å². The fourth-order valence-electron chi connectivity index (χ4n) is 1.51. The van der Waals surface area contributed by atoms with Crippen LogP contribution >= 0.6 is 10.7 Å². The van der Waals surface area contributed by atoms with Crippen molar-refractivity contribution in [2.24, 2.45) is 5.92 Å². The smallest absolute Gasteiger partial charge is 0.311 e. The van der Waals surface area contributed by atoms with Crippen LogP contribution in [0, 0.1) is 23.0 Å². The Balaban J connectivity index is 2.75. The molecular formula is C11H14ClNO5S. The van der Waals surface area contributed by atoms with Gasteiger partial charge in [-0.25, -0.2) is 8.42 Å². The largest absolute Gasteiger partial charge is 0.486 e. The van der Waals surface area contributed by atoms with Crippen molar-refractivity contribution in [1.82, 2.24) is 0 Å². The zero-order valence-electron chi connectivity index (χ0n) is 10.5. The molecule has 1 unspecified atom stereocenters. The highest BCUT2D eigenvalue weighted by Gasteiger charge is 2.18. The van der Waals surface area contributed by atoms with Crippen LogP contribution in [-0.4, -0.2) is 25.7 Å². The minimum atomic E-state index is -3.60. The highest BCUT2D eigenvalue weighted by atomic mass is 35.7. The van der Waals surface area contributed by atoms with E-state index < -0.39 is 14.0 Å². The van der Waals surface area contributed by atoms with Crippen molar-refractivity contribution in [2.45, 2.75) is 13.8 Å². The summed E-state index contributed by atoms with van der Waals surface area (Å²) in [6.07, 6.45) is 0. The molecule has 0 bridgehead atoms. The molecule has 1 aromatic rings. The summed E-state index contributed by atoms with van der Waals surface area (Å²) >= 11 is 0. The molecule has 0 fully saturated rings. The Bertz CT molecular complexity index is 572. The van der Waals surface area contributed by atoms with Gasteiger partial charge >= 0.3 is 5.69 Å². The minimum Gasteiger partial charge on any atom is -0.486 e. The van der Waals surface area contributed by atoms with Gasteiger partial charge in [-0.1, -0.05) is 13.0 Å². The van der Waals surface area contributed by atoms with E-state index in [1.807, 2.05) is 0 Å². The number of ether oxygens (including phenoxy) is 1. The molecule has 0 saturated carbocycles. The third-order valence-electron chi connectivity index (χ3n) is 2.32. The molecule has 0 aliphatic heterocycles. The molecule has 0 N–H and O–H groups in total. The number of hydrogen-bond acceptors (Lipinski definition) is 5. The fraction of sp³-hybridized carbons (Fsp3) is 0.455. The van der Waals surface area contributed by atoms with Crippen LogP contribution < -0.4 is 4.74 Å². The van der Waals surface area contributed by atoms with Crippen LogP contribution in [0.2, 0.25) is 0 Å². The topological polar surface area (TPSA) is 86.5 Å². The predicted octanol–water partition coefficient (Wildman–Crippen LogP) is 2.49. The van der Waals surface area contributed by atoms with Crippen molar-refractivity contribution in [2.75, 3.05) is 12.4 Å². The predicted molar refractivity (Wildman–Crippen MR) is 72.1 cm³/mol. The van der Waals surface area contributed by atoms with E-state index in [1.165, 1.54) is 12.1 Å². The lowest BCUT2D eigenvalue weighted by Crippen LogP contribution is -2.16. The van der Waals surface area contributed by atoms with Gasteiger partial charge < -0.3 is 4.74 Å². The molecule has 0 aromatic heterocycles. The molecule has 0 heterocycles. The van der Waals surface area contributed by atoms with E-state index in [2.05, 4.69) is 0 Å². The highest BCUT2D eigenvalue weighted by Crippen LogP contribution is 2.28. The number of nitrogens with zero attached hydrogens (tertiary/aromatic N) is 1. The van der Waals surface area contributed by atoms with Gasteiger partial charge in [0.2, 0.25) is 9.05 Å². The summed E-state index contributed by atoms with van der Waals surface area (Å²) in [7, 11) is 1.52. The van der Waals surface area contributed by atoms with Crippen LogP contribution in [0.1, 0.15) is 12.5 Å². The molecular weight excluding hydrogens is 294 g/mol. The number of hydrogen-bond donors (Lipinski definition) is 0. The van der Waals surface area contributed by atoms with Crippen molar-refractivity contribution in [1.29, 1.82) is 0 Å². The average Bonchev–Trinajstić information content (AvgIpc) is 2.24. The summed E-state index contributed by atoms with van der Waals surface area (Å²) in [5, 5.41) is 10.9. The van der Waals surface area contributed by atoms with E-state index in [1.54, 1.807) is 19.9 Å². The van der Waals surface area contributed by atoms with Crippen LogP contribution in [-0.2, 0) is 9.05 Å². The second-order valence-corrected chi connectivity index (χ2v) is 7.17. The van der Waals surface area contributed by atoms with Gasteiger partial charge in [0.15, 0.2) is 5.75 Å². The summed E-state index contributed by atoms with van der Waals surface area (Å²) in [6.45, 7) is 3.41. The fourth-order valence-corrected chi connectivity index (χ4v) is 2.93. The maximum atomic E-state index is 10.9. The maximum Gasteiger partial charge on any atom is 0.311 e. The summed E-state index contributed by atoms with van der Waals surface area (Å²) in [5.41, 5.74) is 0.608. The summed E-state index contributed by atoms with van der Waals surface area (Å²) in [5.74, 6) is -0.480. The Morgan fingerprint density at radius 1 is 1.47 bits per heavy atom. The van der Waals surface area contributed by atoms with Gasteiger partial charge in [-0.2, -0.15) is 0 Å². The van der Waals surface area contributed by atoms with Gasteiger partial charge in [0, 0.05) is 22.7 Å². The number of rotatable bonds is 6. The van der Waals surface area contributed by atoms with E-state index in [4.69, 9.17) is 15.4 Å². The molecule has 1 aromatic carbocycles. The van der Waals surface area contributed by atoms with Crippen molar-refractivity contribution >= 4 is 25.4 Å². The first-order valence-corrected chi connectivity index (χ1v) is 7.97. The van der Waals surface area contributed by atoms with E-state index >= 15 is 0 Å². The number of halogens is 1. The van der Waals surface area contributed by atoms with Crippen LogP contribution in [0.5, 0.6) is 5.75 Å². The average molecular weight is 308 g/mol. The van der Waals surface area contributed by atoms with E-state index in [0.29, 0.717) is 0 Å². The molecule has 1 rings (SSSR count). The molecule has 106 valence electrons. The first-order chi connectivity index (χ1) is 8.69.